The molecule has 0 saturated heterocycles. The molecular weight excluding hydrogens is 258 g/mol. The molecule has 15 heavy (non-hydrogen) atoms. The van der Waals surface area contributed by atoms with Gasteiger partial charge in [-0.05, 0) is 0 Å². The van der Waals surface area contributed by atoms with Gasteiger partial charge in [-0.15, -0.1) is 23.2 Å². The lowest BCUT2D eigenvalue weighted by molar-refractivity contribution is 0.321. The number of halogens is 2. The average Bonchev–Trinajstić information content (AvgIpc) is 2.20. The van der Waals surface area contributed by atoms with Gasteiger partial charge < -0.3 is 4.52 Å². The van der Waals surface area contributed by atoms with Gasteiger partial charge in [-0.3, -0.25) is 9.56 Å². The van der Waals surface area contributed by atoms with E-state index in [4.69, 9.17) is 27.7 Å². The number of hydrogen-bond acceptors (Lipinski definition) is 3. The zero-order chi connectivity index (χ0) is 11.6. The highest BCUT2D eigenvalue weighted by Crippen LogP contribution is 2.36. The monoisotopic (exact) mass is 274 g/mol. The van der Waals surface area contributed by atoms with Crippen molar-refractivity contribution in [1.29, 1.82) is 0 Å². The molecule has 0 fully saturated rings. The third-order valence-corrected chi connectivity index (χ3v) is 3.25. The summed E-state index contributed by atoms with van der Waals surface area (Å²) < 4.78 is 16.8. The number of rotatable bonds is 9. The molecule has 0 aliphatic rings. The normalized spacial score (nSPS) is 15.7. The number of nitrogens with one attached hydrogen (secondary N) is 1. The van der Waals surface area contributed by atoms with Crippen molar-refractivity contribution in [3.05, 3.63) is 0 Å². The van der Waals surface area contributed by atoms with Crippen LogP contribution in [-0.2, 0) is 9.09 Å². The number of hydrogen-bond donors (Lipinski definition) is 1. The molecule has 0 bridgehead atoms. The van der Waals surface area contributed by atoms with Crippen LogP contribution < -0.4 is 5.09 Å². The van der Waals surface area contributed by atoms with E-state index in [0.717, 1.165) is 0 Å². The van der Waals surface area contributed by atoms with Crippen LogP contribution in [0.25, 0.3) is 0 Å². The molecule has 90 valence electrons. The molecule has 1 unspecified atom stereocenters. The zero-order valence-electron chi connectivity index (χ0n) is 8.79. The van der Waals surface area contributed by atoms with Gasteiger partial charge in [0.1, 0.15) is 0 Å². The van der Waals surface area contributed by atoms with Crippen molar-refractivity contribution >= 4 is 36.9 Å². The van der Waals surface area contributed by atoms with Gasteiger partial charge in [-0.25, -0.2) is 5.09 Å². The lowest BCUT2D eigenvalue weighted by Gasteiger charge is -2.13. The Hall–Kier alpha value is 0.400. The Kier molecular flexibility index (Phi) is 9.87. The van der Waals surface area contributed by atoms with E-state index in [1.54, 1.807) is 6.21 Å². The lowest BCUT2D eigenvalue weighted by atomic mass is 10.5. The third-order valence-electron chi connectivity index (χ3n) is 1.42. The standard InChI is InChI=1S/C8H17Cl2N2O2P/c1-15(13,12-7-4-10)14-8-2-5-11-6-3-9/h5H,2-4,6-8H2,1H3,(H,12,13)/b11-5+. The number of nitrogens with zero attached hydrogens (tertiary/aromatic N) is 1. The molecule has 1 atom stereocenters. The first-order valence-corrected chi connectivity index (χ1v) is 7.84. The van der Waals surface area contributed by atoms with E-state index in [2.05, 4.69) is 10.1 Å². The van der Waals surface area contributed by atoms with Crippen molar-refractivity contribution in [3.8, 4) is 0 Å². The summed E-state index contributed by atoms with van der Waals surface area (Å²) in [5.74, 6) is 0.930. The van der Waals surface area contributed by atoms with Crippen molar-refractivity contribution in [2.24, 2.45) is 4.99 Å². The van der Waals surface area contributed by atoms with Gasteiger partial charge in [0, 0.05) is 37.6 Å². The third kappa shape index (κ3) is 10.7. The highest BCUT2D eigenvalue weighted by atomic mass is 35.5. The van der Waals surface area contributed by atoms with Crippen molar-refractivity contribution in [2.75, 3.05) is 38.1 Å². The van der Waals surface area contributed by atoms with Gasteiger partial charge in [0.15, 0.2) is 0 Å². The largest absolute Gasteiger partial charge is 0.317 e. The smallest absolute Gasteiger partial charge is 0.266 e. The Balaban J connectivity index is 3.52. The Morgan fingerprint density at radius 3 is 2.80 bits per heavy atom. The molecule has 0 aromatic rings. The molecule has 0 spiro atoms. The van der Waals surface area contributed by atoms with Crippen molar-refractivity contribution in [3.63, 3.8) is 0 Å². The van der Waals surface area contributed by atoms with Gasteiger partial charge in [0.2, 0.25) is 0 Å². The van der Waals surface area contributed by atoms with Gasteiger partial charge in [-0.2, -0.15) is 0 Å². The van der Waals surface area contributed by atoms with Crippen LogP contribution in [0.15, 0.2) is 4.99 Å². The first kappa shape index (κ1) is 15.4. The molecule has 0 rings (SSSR count). The van der Waals surface area contributed by atoms with Crippen LogP contribution >= 0.6 is 30.7 Å². The minimum atomic E-state index is -2.69. The van der Waals surface area contributed by atoms with Gasteiger partial charge in [-0.1, -0.05) is 0 Å². The molecule has 1 N–H and O–H groups in total. The SMILES string of the molecule is CP(=O)(NCCCl)OCC/C=N/CCCl. The Morgan fingerprint density at radius 1 is 1.47 bits per heavy atom. The molecule has 0 aliphatic carbocycles. The highest BCUT2D eigenvalue weighted by Gasteiger charge is 2.13. The molecule has 0 radical (unpaired) electrons. The maximum atomic E-state index is 11.6. The van der Waals surface area contributed by atoms with E-state index in [1.165, 1.54) is 6.66 Å². The summed E-state index contributed by atoms with van der Waals surface area (Å²) >= 11 is 10.9. The molecule has 0 saturated carbocycles. The van der Waals surface area contributed by atoms with E-state index < -0.39 is 7.52 Å². The van der Waals surface area contributed by atoms with Crippen LogP contribution in [-0.4, -0.2) is 44.3 Å². The number of alkyl halides is 2. The predicted octanol–water partition coefficient (Wildman–Crippen LogP) is 2.35. The quantitative estimate of drug-likeness (QED) is 0.304. The molecule has 0 aliphatic heterocycles. The second-order valence-electron chi connectivity index (χ2n) is 2.84. The molecule has 4 nitrogen and oxygen atoms in total. The summed E-state index contributed by atoms with van der Waals surface area (Å²) in [6, 6.07) is 0. The minimum absolute atomic E-state index is 0.384. The Bertz CT molecular complexity index is 227. The average molecular weight is 275 g/mol. The lowest BCUT2D eigenvalue weighted by Crippen LogP contribution is -2.14. The van der Waals surface area contributed by atoms with Crippen LogP contribution in [0.4, 0.5) is 0 Å². The summed E-state index contributed by atoms with van der Waals surface area (Å²) in [6.45, 7) is 3.01. The summed E-state index contributed by atoms with van der Waals surface area (Å²) in [5.41, 5.74) is 0. The maximum absolute atomic E-state index is 11.6. The summed E-state index contributed by atoms with van der Waals surface area (Å²) in [7, 11) is -2.69. The van der Waals surface area contributed by atoms with Crippen LogP contribution in [0.1, 0.15) is 6.42 Å². The predicted molar refractivity (Wildman–Crippen MR) is 66.9 cm³/mol. The van der Waals surface area contributed by atoms with Crippen LogP contribution in [0.2, 0.25) is 0 Å². The van der Waals surface area contributed by atoms with E-state index in [-0.39, 0.29) is 0 Å². The van der Waals surface area contributed by atoms with Crippen molar-refractivity contribution in [2.45, 2.75) is 6.42 Å². The number of aliphatic imine (C=N–C) groups is 1. The second-order valence-corrected chi connectivity index (χ2v) is 5.86. The van der Waals surface area contributed by atoms with Gasteiger partial charge in [0.25, 0.3) is 7.52 Å². The molecular formula is C8H17Cl2N2O2P. The minimum Gasteiger partial charge on any atom is -0.317 e. The zero-order valence-corrected chi connectivity index (χ0v) is 11.2. The van der Waals surface area contributed by atoms with E-state index in [9.17, 15) is 4.57 Å². The van der Waals surface area contributed by atoms with Gasteiger partial charge in [0.05, 0.1) is 13.2 Å². The molecule has 0 amide bonds. The highest BCUT2D eigenvalue weighted by molar-refractivity contribution is 7.56. The van der Waals surface area contributed by atoms with Crippen molar-refractivity contribution in [1.82, 2.24) is 5.09 Å². The first-order valence-electron chi connectivity index (χ1n) is 4.70. The van der Waals surface area contributed by atoms with E-state index in [1.807, 2.05) is 0 Å². The van der Waals surface area contributed by atoms with Crippen molar-refractivity contribution < 1.29 is 9.09 Å². The fraction of sp³-hybridized carbons (Fsp3) is 0.875. The van der Waals surface area contributed by atoms with Crippen LogP contribution in [0.3, 0.4) is 0 Å². The molecule has 0 aromatic carbocycles. The first-order chi connectivity index (χ1) is 7.12. The fourth-order valence-electron chi connectivity index (χ4n) is 0.802. The second kappa shape index (κ2) is 9.61. The Labute approximate surface area is 101 Å². The summed E-state index contributed by atoms with van der Waals surface area (Å²) in [4.78, 5) is 4.00. The molecule has 0 aromatic heterocycles. The molecule has 0 heterocycles. The molecule has 7 heteroatoms. The maximum Gasteiger partial charge on any atom is 0.266 e. The fourth-order valence-corrected chi connectivity index (χ4v) is 2.19. The summed E-state index contributed by atoms with van der Waals surface area (Å²) in [6.07, 6.45) is 2.36. The topological polar surface area (TPSA) is 50.7 Å². The Morgan fingerprint density at radius 2 is 2.20 bits per heavy atom. The van der Waals surface area contributed by atoms with Gasteiger partial charge >= 0.3 is 0 Å². The van der Waals surface area contributed by atoms with Crippen LogP contribution in [0.5, 0.6) is 0 Å². The van der Waals surface area contributed by atoms with E-state index >= 15 is 0 Å². The van der Waals surface area contributed by atoms with Crippen LogP contribution in [0, 0.1) is 0 Å². The van der Waals surface area contributed by atoms with E-state index in [0.29, 0.717) is 37.9 Å². The summed E-state index contributed by atoms with van der Waals surface area (Å²) in [5, 5.41) is 2.75.